The zero-order valence-corrected chi connectivity index (χ0v) is 18.7. The van der Waals surface area contributed by atoms with Crippen LogP contribution in [-0.2, 0) is 4.74 Å². The fourth-order valence-electron chi connectivity index (χ4n) is 4.32. The van der Waals surface area contributed by atoms with Crippen LogP contribution in [0.25, 0.3) is 39.3 Å². The number of hydrogen-bond donors (Lipinski definition) is 1. The normalized spacial score (nSPS) is 14.7. The van der Waals surface area contributed by atoms with Crippen LogP contribution in [0.15, 0.2) is 54.7 Å². The lowest BCUT2D eigenvalue weighted by Gasteiger charge is -2.28. The molecule has 0 bridgehead atoms. The van der Waals surface area contributed by atoms with E-state index in [0.29, 0.717) is 0 Å². The van der Waals surface area contributed by atoms with Gasteiger partial charge in [-0.1, -0.05) is 31.9 Å². The van der Waals surface area contributed by atoms with Gasteiger partial charge < -0.3 is 14.6 Å². The Bertz CT molecular complexity index is 1220. The van der Waals surface area contributed by atoms with E-state index in [1.54, 1.807) is 0 Å². The summed E-state index contributed by atoms with van der Waals surface area (Å²) in [5, 5.41) is 2.33. The summed E-state index contributed by atoms with van der Waals surface area (Å²) in [6.45, 7) is 5.64. The van der Waals surface area contributed by atoms with Crippen LogP contribution in [0.5, 0.6) is 0 Å². The second-order valence-electron chi connectivity index (χ2n) is 8.42. The van der Waals surface area contributed by atoms with Gasteiger partial charge in [0.25, 0.3) is 0 Å². The van der Waals surface area contributed by atoms with Gasteiger partial charge in [0.1, 0.15) is 5.65 Å². The molecule has 32 heavy (non-hydrogen) atoms. The number of anilines is 1. The van der Waals surface area contributed by atoms with Gasteiger partial charge in [0, 0.05) is 34.9 Å². The van der Waals surface area contributed by atoms with E-state index in [1.807, 2.05) is 6.20 Å². The first kappa shape index (κ1) is 20.7. The van der Waals surface area contributed by atoms with E-state index >= 15 is 0 Å². The van der Waals surface area contributed by atoms with Crippen molar-refractivity contribution in [1.29, 1.82) is 0 Å². The highest BCUT2D eigenvalue weighted by Gasteiger charge is 2.12. The first-order chi connectivity index (χ1) is 15.8. The number of aromatic amines is 1. The summed E-state index contributed by atoms with van der Waals surface area (Å²) in [6.07, 6.45) is 11.2. The maximum absolute atomic E-state index is 5.45. The van der Waals surface area contributed by atoms with Gasteiger partial charge in [-0.25, -0.2) is 4.98 Å². The van der Waals surface area contributed by atoms with Crippen molar-refractivity contribution in [3.05, 3.63) is 60.4 Å². The van der Waals surface area contributed by atoms with Crippen molar-refractivity contribution in [1.82, 2.24) is 15.0 Å². The van der Waals surface area contributed by atoms with E-state index in [1.165, 1.54) is 24.6 Å². The first-order valence-corrected chi connectivity index (χ1v) is 11.7. The molecule has 1 aromatic carbocycles. The monoisotopic (exact) mass is 426 g/mol. The molecule has 4 aromatic rings. The number of H-pyrrole nitrogens is 1. The Morgan fingerprint density at radius 2 is 1.94 bits per heavy atom. The number of benzene rings is 1. The molecule has 1 saturated heterocycles. The Morgan fingerprint density at radius 1 is 1.03 bits per heavy atom. The van der Waals surface area contributed by atoms with Gasteiger partial charge in [0.15, 0.2) is 0 Å². The molecule has 0 spiro atoms. The number of ether oxygens (including phenoxy) is 1. The summed E-state index contributed by atoms with van der Waals surface area (Å²) < 4.78 is 5.45. The van der Waals surface area contributed by atoms with Gasteiger partial charge in [-0.2, -0.15) is 0 Å². The molecule has 1 aliphatic rings. The highest BCUT2D eigenvalue weighted by atomic mass is 16.5. The predicted molar refractivity (Wildman–Crippen MR) is 133 cm³/mol. The molecule has 0 atom stereocenters. The summed E-state index contributed by atoms with van der Waals surface area (Å²) in [7, 11) is 0. The fourth-order valence-corrected chi connectivity index (χ4v) is 4.32. The Morgan fingerprint density at radius 3 is 2.75 bits per heavy atom. The summed E-state index contributed by atoms with van der Waals surface area (Å²) in [5.74, 6) is 0. The van der Waals surface area contributed by atoms with Crippen molar-refractivity contribution in [2.24, 2.45) is 0 Å². The molecule has 0 unspecified atom stereocenters. The van der Waals surface area contributed by atoms with Crippen molar-refractivity contribution in [2.45, 2.75) is 32.6 Å². The third kappa shape index (κ3) is 4.39. The van der Waals surface area contributed by atoms with Gasteiger partial charge in [-0.3, -0.25) is 4.98 Å². The lowest BCUT2D eigenvalue weighted by atomic mass is 10.1. The molecule has 4 heterocycles. The average molecular weight is 427 g/mol. The third-order valence-corrected chi connectivity index (χ3v) is 6.16. The Labute approximate surface area is 189 Å². The molecule has 0 saturated carbocycles. The number of unbranched alkanes of at least 4 members (excludes halogenated alkanes) is 3. The molecule has 0 aliphatic carbocycles. The smallest absolute Gasteiger partial charge is 0.139 e. The number of nitrogens with zero attached hydrogens (tertiary/aromatic N) is 3. The quantitative estimate of drug-likeness (QED) is 0.357. The molecule has 0 radical (unpaired) electrons. The molecule has 1 aliphatic heterocycles. The fraction of sp³-hybridized carbons (Fsp3) is 0.333. The van der Waals surface area contributed by atoms with E-state index in [9.17, 15) is 0 Å². The number of fused-ring (bicyclic) bond motifs is 3. The topological polar surface area (TPSA) is 54.0 Å². The van der Waals surface area contributed by atoms with Crippen LogP contribution in [0.3, 0.4) is 0 Å². The summed E-state index contributed by atoms with van der Waals surface area (Å²) in [5.41, 5.74) is 6.30. The minimum Gasteiger partial charge on any atom is -0.378 e. The minimum absolute atomic E-state index is 0.781. The van der Waals surface area contributed by atoms with Crippen molar-refractivity contribution in [2.75, 3.05) is 31.2 Å². The predicted octanol–water partition coefficient (Wildman–Crippen LogP) is 6.21. The molecule has 164 valence electrons. The van der Waals surface area contributed by atoms with Crippen LogP contribution >= 0.6 is 0 Å². The van der Waals surface area contributed by atoms with Crippen LogP contribution in [-0.4, -0.2) is 41.3 Å². The highest BCUT2D eigenvalue weighted by molar-refractivity contribution is 6.07. The van der Waals surface area contributed by atoms with Crippen LogP contribution < -0.4 is 4.90 Å². The largest absolute Gasteiger partial charge is 0.378 e. The number of nitrogens with one attached hydrogen (secondary N) is 1. The van der Waals surface area contributed by atoms with E-state index < -0.39 is 0 Å². The van der Waals surface area contributed by atoms with Crippen molar-refractivity contribution >= 4 is 33.7 Å². The van der Waals surface area contributed by atoms with Crippen LogP contribution in [0.1, 0.15) is 38.3 Å². The zero-order chi connectivity index (χ0) is 21.8. The van der Waals surface area contributed by atoms with E-state index in [0.717, 1.165) is 71.9 Å². The molecule has 5 rings (SSSR count). The van der Waals surface area contributed by atoms with Gasteiger partial charge in [-0.15, -0.1) is 0 Å². The second kappa shape index (κ2) is 9.53. The number of hydrogen-bond acceptors (Lipinski definition) is 4. The molecule has 5 heteroatoms. The number of pyridine rings is 2. The number of allylic oxidation sites excluding steroid dienone is 1. The summed E-state index contributed by atoms with van der Waals surface area (Å²) in [6, 6.07) is 15.0. The number of aromatic nitrogens is 3. The molecule has 1 N–H and O–H groups in total. The van der Waals surface area contributed by atoms with Crippen LogP contribution in [0, 0.1) is 0 Å². The molecule has 5 nitrogen and oxygen atoms in total. The molecular formula is C27H30N4O. The van der Waals surface area contributed by atoms with Gasteiger partial charge in [-0.05, 0) is 55.3 Å². The second-order valence-corrected chi connectivity index (χ2v) is 8.42. The summed E-state index contributed by atoms with van der Waals surface area (Å²) >= 11 is 0. The Balaban J connectivity index is 1.39. The van der Waals surface area contributed by atoms with E-state index in [-0.39, 0.29) is 0 Å². The Hall–Kier alpha value is -3.18. The van der Waals surface area contributed by atoms with Gasteiger partial charge in [0.05, 0.1) is 36.5 Å². The maximum atomic E-state index is 5.45. The van der Waals surface area contributed by atoms with Crippen molar-refractivity contribution in [3.63, 3.8) is 0 Å². The standard InChI is InChI=1S/C27H30N4O/c1-2-3-4-5-6-7-21-9-11-23-24-18-20(8-12-26(24)30-27(23)29-21)25-13-10-22(19-28-25)31-14-16-32-17-15-31/h6-13,18-19H,2-5,14-17H2,1H3,(H,29,30). The van der Waals surface area contributed by atoms with Gasteiger partial charge >= 0.3 is 0 Å². The number of morpholine rings is 1. The lowest BCUT2D eigenvalue weighted by molar-refractivity contribution is 0.122. The van der Waals surface area contributed by atoms with Crippen LogP contribution in [0.4, 0.5) is 5.69 Å². The molecule has 0 amide bonds. The van der Waals surface area contributed by atoms with Crippen molar-refractivity contribution < 1.29 is 4.74 Å². The molecule has 1 fully saturated rings. The average Bonchev–Trinajstić information content (AvgIpc) is 3.21. The third-order valence-electron chi connectivity index (χ3n) is 6.16. The minimum atomic E-state index is 0.781. The van der Waals surface area contributed by atoms with Crippen molar-refractivity contribution in [3.8, 4) is 11.3 Å². The van der Waals surface area contributed by atoms with E-state index in [2.05, 4.69) is 71.4 Å². The lowest BCUT2D eigenvalue weighted by Crippen LogP contribution is -2.36. The number of rotatable bonds is 7. The maximum Gasteiger partial charge on any atom is 0.139 e. The van der Waals surface area contributed by atoms with Gasteiger partial charge in [0.2, 0.25) is 0 Å². The summed E-state index contributed by atoms with van der Waals surface area (Å²) in [4.78, 5) is 15.4. The van der Waals surface area contributed by atoms with Crippen LogP contribution in [0.2, 0.25) is 0 Å². The van der Waals surface area contributed by atoms with E-state index in [4.69, 9.17) is 14.7 Å². The molecule has 3 aromatic heterocycles. The first-order valence-electron chi connectivity index (χ1n) is 11.7. The zero-order valence-electron chi connectivity index (χ0n) is 18.7. The molecular weight excluding hydrogens is 396 g/mol. The SMILES string of the molecule is CCCCCC=Cc1ccc2c(n1)[nH]c1ccc(-c3ccc(N4CCOCC4)cn3)cc12. The Kier molecular flexibility index (Phi) is 6.17. The highest BCUT2D eigenvalue weighted by Crippen LogP contribution is 2.29.